The van der Waals surface area contributed by atoms with Gasteiger partial charge in [-0.15, -0.1) is 0 Å². The van der Waals surface area contributed by atoms with Crippen LogP contribution in [0.4, 0.5) is 0 Å². The third-order valence-corrected chi connectivity index (χ3v) is 3.40. The largest absolute Gasteiger partial charge is 0.467 e. The van der Waals surface area contributed by atoms with Gasteiger partial charge in [0.15, 0.2) is 5.58 Å². The van der Waals surface area contributed by atoms with Crippen LogP contribution < -0.4 is 11.1 Å². The Labute approximate surface area is 133 Å². The summed E-state index contributed by atoms with van der Waals surface area (Å²) in [6, 6.07) is 6.11. The molecule has 23 heavy (non-hydrogen) atoms. The highest BCUT2D eigenvalue weighted by atomic mass is 16.5. The number of carbonyl (C=O) groups is 2. The van der Waals surface area contributed by atoms with Crippen molar-refractivity contribution in [2.45, 2.75) is 32.9 Å². The van der Waals surface area contributed by atoms with Crippen molar-refractivity contribution in [1.29, 1.82) is 0 Å². The van der Waals surface area contributed by atoms with Crippen molar-refractivity contribution < 1.29 is 18.7 Å². The van der Waals surface area contributed by atoms with Gasteiger partial charge in [0, 0.05) is 0 Å². The van der Waals surface area contributed by atoms with Gasteiger partial charge in [-0.2, -0.15) is 0 Å². The molecule has 0 aliphatic carbocycles. The van der Waals surface area contributed by atoms with Crippen LogP contribution in [0.3, 0.4) is 0 Å². The number of nitrogens with zero attached hydrogens (tertiary/aromatic N) is 1. The number of oxazole rings is 1. The molecule has 1 atom stereocenters. The first-order valence-electron chi connectivity index (χ1n) is 7.38. The Kier molecular flexibility index (Phi) is 5.20. The second-order valence-electron chi connectivity index (χ2n) is 5.69. The van der Waals surface area contributed by atoms with Gasteiger partial charge in [-0.3, -0.25) is 9.36 Å². The lowest BCUT2D eigenvalue weighted by Crippen LogP contribution is -2.44. The molecule has 7 nitrogen and oxygen atoms in total. The predicted molar refractivity (Wildman–Crippen MR) is 83.9 cm³/mol. The van der Waals surface area contributed by atoms with Crippen LogP contribution in [0, 0.1) is 5.92 Å². The average molecular weight is 320 g/mol. The number of fused-ring (bicyclic) bond motifs is 1. The van der Waals surface area contributed by atoms with Crippen molar-refractivity contribution in [3.8, 4) is 0 Å². The molecule has 124 valence electrons. The number of hydrogen-bond acceptors (Lipinski definition) is 5. The molecule has 1 amide bonds. The van der Waals surface area contributed by atoms with Crippen LogP contribution in [-0.4, -0.2) is 29.6 Å². The Morgan fingerprint density at radius 1 is 1.30 bits per heavy atom. The smallest absolute Gasteiger partial charge is 0.420 e. The Balaban J connectivity index is 2.15. The molecule has 0 fully saturated rings. The van der Waals surface area contributed by atoms with E-state index in [1.807, 2.05) is 13.8 Å². The van der Waals surface area contributed by atoms with E-state index in [0.717, 1.165) is 0 Å². The van der Waals surface area contributed by atoms with Gasteiger partial charge in [0.1, 0.15) is 12.6 Å². The van der Waals surface area contributed by atoms with Crippen LogP contribution >= 0.6 is 0 Å². The van der Waals surface area contributed by atoms with Gasteiger partial charge in [-0.05, 0) is 24.5 Å². The molecule has 0 aliphatic heterocycles. The van der Waals surface area contributed by atoms with Crippen molar-refractivity contribution in [2.75, 3.05) is 7.11 Å². The highest BCUT2D eigenvalue weighted by molar-refractivity contribution is 5.85. The van der Waals surface area contributed by atoms with Crippen molar-refractivity contribution in [2.24, 2.45) is 5.92 Å². The van der Waals surface area contributed by atoms with E-state index in [2.05, 4.69) is 5.32 Å². The highest BCUT2D eigenvalue weighted by Gasteiger charge is 2.23. The Bertz CT molecular complexity index is 759. The summed E-state index contributed by atoms with van der Waals surface area (Å²) in [5.41, 5.74) is 0.947. The predicted octanol–water partition coefficient (Wildman–Crippen LogP) is 1.30. The number of ether oxygens (including phenoxy) is 1. The maximum absolute atomic E-state index is 12.2. The van der Waals surface area contributed by atoms with Crippen LogP contribution in [0.15, 0.2) is 33.5 Å². The maximum atomic E-state index is 12.2. The number of para-hydroxylation sites is 2. The zero-order valence-corrected chi connectivity index (χ0v) is 13.4. The molecule has 0 spiro atoms. The zero-order valence-electron chi connectivity index (χ0n) is 13.4. The third-order valence-electron chi connectivity index (χ3n) is 3.40. The quantitative estimate of drug-likeness (QED) is 0.810. The number of esters is 1. The third kappa shape index (κ3) is 4.00. The van der Waals surface area contributed by atoms with Crippen molar-refractivity contribution in [3.63, 3.8) is 0 Å². The number of nitrogens with one attached hydrogen (secondary N) is 1. The summed E-state index contributed by atoms with van der Waals surface area (Å²) in [6.07, 6.45) is 0.458. The molecule has 0 aliphatic rings. The van der Waals surface area contributed by atoms with Gasteiger partial charge < -0.3 is 14.5 Å². The van der Waals surface area contributed by atoms with Gasteiger partial charge in [-0.25, -0.2) is 9.59 Å². The molecule has 0 bridgehead atoms. The molecule has 1 N–H and O–H groups in total. The molecule has 1 aromatic carbocycles. The number of rotatable bonds is 6. The first kappa shape index (κ1) is 16.8. The Morgan fingerprint density at radius 2 is 2.00 bits per heavy atom. The van der Waals surface area contributed by atoms with Crippen LogP contribution in [0.2, 0.25) is 0 Å². The number of carbonyl (C=O) groups excluding carboxylic acids is 2. The second-order valence-corrected chi connectivity index (χ2v) is 5.69. The minimum absolute atomic E-state index is 0.205. The fourth-order valence-electron chi connectivity index (χ4n) is 2.38. The molecular formula is C16H20N2O5. The molecular weight excluding hydrogens is 300 g/mol. The molecule has 0 saturated carbocycles. The molecule has 0 saturated heterocycles. The summed E-state index contributed by atoms with van der Waals surface area (Å²) >= 11 is 0. The minimum atomic E-state index is -0.735. The first-order chi connectivity index (χ1) is 10.9. The standard InChI is InChI=1S/C16H20N2O5/c1-10(2)8-11(15(20)22-3)17-14(19)9-18-12-6-4-5-7-13(12)23-16(18)21/h4-7,10-11H,8-9H2,1-3H3,(H,17,19)/t11-/m1/s1. The molecule has 2 rings (SSSR count). The van der Waals surface area contributed by atoms with E-state index in [1.54, 1.807) is 24.3 Å². The molecule has 1 heterocycles. The monoisotopic (exact) mass is 320 g/mol. The van der Waals surface area contributed by atoms with Crippen molar-refractivity contribution in [1.82, 2.24) is 9.88 Å². The highest BCUT2D eigenvalue weighted by Crippen LogP contribution is 2.12. The number of amides is 1. The van der Waals surface area contributed by atoms with Crippen molar-refractivity contribution >= 4 is 23.0 Å². The van der Waals surface area contributed by atoms with E-state index in [4.69, 9.17) is 9.15 Å². The molecule has 0 unspecified atom stereocenters. The normalized spacial score (nSPS) is 12.3. The minimum Gasteiger partial charge on any atom is -0.467 e. The van der Waals surface area contributed by atoms with Crippen LogP contribution in [-0.2, 0) is 20.9 Å². The van der Waals surface area contributed by atoms with E-state index in [9.17, 15) is 14.4 Å². The van der Waals surface area contributed by atoms with Gasteiger partial charge in [0.2, 0.25) is 5.91 Å². The molecule has 7 heteroatoms. The number of hydrogen-bond donors (Lipinski definition) is 1. The average Bonchev–Trinajstić information content (AvgIpc) is 2.81. The lowest BCUT2D eigenvalue weighted by Gasteiger charge is -2.18. The lowest BCUT2D eigenvalue weighted by atomic mass is 10.0. The summed E-state index contributed by atoms with van der Waals surface area (Å²) < 4.78 is 11.0. The molecule has 1 aromatic heterocycles. The number of methoxy groups -OCH3 is 1. The summed E-state index contributed by atoms with van der Waals surface area (Å²) in [7, 11) is 1.27. The van der Waals surface area contributed by atoms with Crippen LogP contribution in [0.25, 0.3) is 11.1 Å². The Morgan fingerprint density at radius 3 is 2.65 bits per heavy atom. The van der Waals surface area contributed by atoms with E-state index in [1.165, 1.54) is 11.7 Å². The number of aromatic nitrogens is 1. The van der Waals surface area contributed by atoms with E-state index in [-0.39, 0.29) is 12.5 Å². The summed E-state index contributed by atoms with van der Waals surface area (Å²) in [4.78, 5) is 35.8. The second kappa shape index (κ2) is 7.13. The maximum Gasteiger partial charge on any atom is 0.420 e. The van der Waals surface area contributed by atoms with Crippen LogP contribution in [0.1, 0.15) is 20.3 Å². The zero-order chi connectivity index (χ0) is 17.0. The van der Waals surface area contributed by atoms with Crippen molar-refractivity contribution in [3.05, 3.63) is 34.8 Å². The number of benzene rings is 1. The van der Waals surface area contributed by atoms with Crippen LogP contribution in [0.5, 0.6) is 0 Å². The van der Waals surface area contributed by atoms with Gasteiger partial charge in [0.05, 0.1) is 12.6 Å². The van der Waals surface area contributed by atoms with Gasteiger partial charge in [0.25, 0.3) is 0 Å². The van der Waals surface area contributed by atoms with E-state index in [0.29, 0.717) is 17.5 Å². The van der Waals surface area contributed by atoms with E-state index >= 15 is 0 Å². The topological polar surface area (TPSA) is 90.5 Å². The van der Waals surface area contributed by atoms with Gasteiger partial charge in [-0.1, -0.05) is 26.0 Å². The fraction of sp³-hybridized carbons (Fsp3) is 0.438. The lowest BCUT2D eigenvalue weighted by molar-refractivity contribution is -0.145. The summed E-state index contributed by atoms with van der Waals surface area (Å²) in [6.45, 7) is 3.66. The summed E-state index contributed by atoms with van der Waals surface area (Å²) in [5, 5.41) is 2.61. The molecule has 2 aromatic rings. The Hall–Kier alpha value is -2.57. The summed E-state index contributed by atoms with van der Waals surface area (Å²) in [5.74, 6) is -1.36. The first-order valence-corrected chi connectivity index (χ1v) is 7.38. The van der Waals surface area contributed by atoms with E-state index < -0.39 is 23.7 Å². The fourth-order valence-corrected chi connectivity index (χ4v) is 2.38. The SMILES string of the molecule is COC(=O)[C@@H](CC(C)C)NC(=O)Cn1c(=O)oc2ccccc21. The molecule has 0 radical (unpaired) electrons. The van der Waals surface area contributed by atoms with Gasteiger partial charge >= 0.3 is 11.7 Å².